The van der Waals surface area contributed by atoms with Gasteiger partial charge < -0.3 is 20.7 Å². The van der Waals surface area contributed by atoms with Gasteiger partial charge in [0.2, 0.25) is 5.91 Å². The van der Waals surface area contributed by atoms with Crippen molar-refractivity contribution in [3.05, 3.63) is 59.2 Å². The van der Waals surface area contributed by atoms with Crippen LogP contribution >= 0.6 is 11.8 Å². The molecule has 0 aromatic heterocycles. The molecule has 2 amide bonds. The zero-order chi connectivity index (χ0) is 20.6. The van der Waals surface area contributed by atoms with Gasteiger partial charge in [-0.3, -0.25) is 9.59 Å². The molecule has 0 fully saturated rings. The standard InChI is InChI=1S/C22H27N3O3S/c1-15-4-6-16(7-5-15)13-29-14-20-22(27)25-19-12-17(8-9-18(19)24-20)21(26)23-10-3-11-28-2/h4-9,12,20,24H,3,10-11,13-14H2,1-2H3,(H,23,26)(H,25,27). The molecule has 154 valence electrons. The van der Waals surface area contributed by atoms with E-state index in [1.165, 1.54) is 11.1 Å². The van der Waals surface area contributed by atoms with E-state index in [1.54, 1.807) is 31.0 Å². The Hall–Kier alpha value is -2.51. The van der Waals surface area contributed by atoms with Crippen molar-refractivity contribution >= 4 is 35.0 Å². The Morgan fingerprint density at radius 2 is 1.97 bits per heavy atom. The summed E-state index contributed by atoms with van der Waals surface area (Å²) in [6.45, 7) is 3.23. The van der Waals surface area contributed by atoms with E-state index in [0.29, 0.717) is 30.2 Å². The van der Waals surface area contributed by atoms with E-state index in [1.807, 2.05) is 6.07 Å². The number of ether oxygens (including phenoxy) is 1. The first-order valence-corrected chi connectivity index (χ1v) is 10.8. The maximum atomic E-state index is 12.5. The molecule has 2 aromatic carbocycles. The first-order chi connectivity index (χ1) is 14.1. The fraction of sp³-hybridized carbons (Fsp3) is 0.364. The van der Waals surface area contributed by atoms with Crippen molar-refractivity contribution in [3.8, 4) is 0 Å². The first-order valence-electron chi connectivity index (χ1n) is 9.68. The number of hydrogen-bond acceptors (Lipinski definition) is 5. The maximum absolute atomic E-state index is 12.5. The topological polar surface area (TPSA) is 79.5 Å². The molecular weight excluding hydrogens is 386 g/mol. The largest absolute Gasteiger partial charge is 0.385 e. The first kappa shape index (κ1) is 21.2. The van der Waals surface area contributed by atoms with Crippen molar-refractivity contribution in [2.75, 3.05) is 36.6 Å². The second-order valence-electron chi connectivity index (χ2n) is 7.05. The molecule has 1 aliphatic rings. The predicted octanol–water partition coefficient (Wildman–Crippen LogP) is 3.43. The van der Waals surface area contributed by atoms with Gasteiger partial charge in [-0.05, 0) is 37.1 Å². The van der Waals surface area contributed by atoms with Gasteiger partial charge in [0.1, 0.15) is 6.04 Å². The zero-order valence-corrected chi connectivity index (χ0v) is 17.6. The van der Waals surface area contributed by atoms with Crippen LogP contribution in [0.15, 0.2) is 42.5 Å². The number of rotatable bonds is 9. The van der Waals surface area contributed by atoms with Crippen molar-refractivity contribution < 1.29 is 14.3 Å². The summed E-state index contributed by atoms with van der Waals surface area (Å²) in [5.41, 5.74) is 4.49. The molecule has 1 unspecified atom stereocenters. The van der Waals surface area contributed by atoms with E-state index in [0.717, 1.165) is 17.9 Å². The summed E-state index contributed by atoms with van der Waals surface area (Å²) in [4.78, 5) is 24.7. The summed E-state index contributed by atoms with van der Waals surface area (Å²) >= 11 is 1.72. The van der Waals surface area contributed by atoms with E-state index in [4.69, 9.17) is 4.74 Å². The van der Waals surface area contributed by atoms with Gasteiger partial charge in [0.15, 0.2) is 0 Å². The minimum atomic E-state index is -0.299. The normalized spacial score (nSPS) is 15.2. The molecule has 29 heavy (non-hydrogen) atoms. The van der Waals surface area contributed by atoms with Crippen molar-refractivity contribution in [1.82, 2.24) is 5.32 Å². The second kappa shape index (κ2) is 10.3. The summed E-state index contributed by atoms with van der Waals surface area (Å²) in [6, 6.07) is 13.5. The smallest absolute Gasteiger partial charge is 0.251 e. The highest BCUT2D eigenvalue weighted by Crippen LogP contribution is 2.29. The van der Waals surface area contributed by atoms with Gasteiger partial charge in [0.05, 0.1) is 11.4 Å². The molecule has 3 rings (SSSR count). The van der Waals surface area contributed by atoms with Crippen molar-refractivity contribution in [2.45, 2.75) is 25.1 Å². The molecule has 7 heteroatoms. The van der Waals surface area contributed by atoms with Crippen LogP contribution in [-0.4, -0.2) is 43.9 Å². The lowest BCUT2D eigenvalue weighted by molar-refractivity contribution is -0.116. The van der Waals surface area contributed by atoms with Crippen molar-refractivity contribution in [2.24, 2.45) is 0 Å². The summed E-state index contributed by atoms with van der Waals surface area (Å²) in [5.74, 6) is 1.29. The number of aryl methyl sites for hydroxylation is 1. The molecule has 1 heterocycles. The number of nitrogens with one attached hydrogen (secondary N) is 3. The number of anilines is 2. The quantitative estimate of drug-likeness (QED) is 0.549. The average Bonchev–Trinajstić information content (AvgIpc) is 2.72. The van der Waals surface area contributed by atoms with Gasteiger partial charge in [-0.25, -0.2) is 0 Å². The lowest BCUT2D eigenvalue weighted by atomic mass is 10.1. The van der Waals surface area contributed by atoms with Gasteiger partial charge in [-0.2, -0.15) is 11.8 Å². The third-order valence-corrected chi connectivity index (χ3v) is 5.78. The Balaban J connectivity index is 1.53. The van der Waals surface area contributed by atoms with Gasteiger partial charge >= 0.3 is 0 Å². The highest BCUT2D eigenvalue weighted by Gasteiger charge is 2.26. The lowest BCUT2D eigenvalue weighted by Gasteiger charge is -2.27. The van der Waals surface area contributed by atoms with E-state index in [9.17, 15) is 9.59 Å². The molecule has 0 spiro atoms. The number of benzene rings is 2. The molecule has 3 N–H and O–H groups in total. The SMILES string of the molecule is COCCCNC(=O)c1ccc2c(c1)NC(=O)C(CSCc1ccc(C)cc1)N2. The minimum Gasteiger partial charge on any atom is -0.385 e. The van der Waals surface area contributed by atoms with E-state index < -0.39 is 0 Å². The maximum Gasteiger partial charge on any atom is 0.251 e. The molecule has 0 bridgehead atoms. The van der Waals surface area contributed by atoms with E-state index in [-0.39, 0.29) is 17.9 Å². The Bertz CT molecular complexity index is 855. The Labute approximate surface area is 175 Å². The monoisotopic (exact) mass is 413 g/mol. The predicted molar refractivity (Wildman–Crippen MR) is 119 cm³/mol. The molecule has 1 aliphatic heterocycles. The summed E-state index contributed by atoms with van der Waals surface area (Å²) in [5, 5.41) is 9.06. The average molecular weight is 414 g/mol. The van der Waals surface area contributed by atoms with Crippen LogP contribution in [0.5, 0.6) is 0 Å². The number of carbonyl (C=O) groups excluding carboxylic acids is 2. The van der Waals surface area contributed by atoms with Gasteiger partial charge in [-0.15, -0.1) is 0 Å². The molecule has 0 saturated carbocycles. The van der Waals surface area contributed by atoms with Crippen LogP contribution in [0.1, 0.15) is 27.9 Å². The molecule has 0 aliphatic carbocycles. The van der Waals surface area contributed by atoms with Crippen LogP contribution in [0.2, 0.25) is 0 Å². The minimum absolute atomic E-state index is 0.0773. The fourth-order valence-corrected chi connectivity index (χ4v) is 4.02. The summed E-state index contributed by atoms with van der Waals surface area (Å²) in [7, 11) is 1.63. The summed E-state index contributed by atoms with van der Waals surface area (Å²) < 4.78 is 4.97. The molecule has 1 atom stereocenters. The number of fused-ring (bicyclic) bond motifs is 1. The highest BCUT2D eigenvalue weighted by atomic mass is 32.2. The second-order valence-corrected chi connectivity index (χ2v) is 8.08. The van der Waals surface area contributed by atoms with E-state index >= 15 is 0 Å². The van der Waals surface area contributed by atoms with Crippen LogP contribution < -0.4 is 16.0 Å². The summed E-state index contributed by atoms with van der Waals surface area (Å²) in [6.07, 6.45) is 0.757. The van der Waals surface area contributed by atoms with Crippen molar-refractivity contribution in [3.63, 3.8) is 0 Å². The molecule has 0 saturated heterocycles. The third-order valence-electron chi connectivity index (χ3n) is 4.67. The van der Waals surface area contributed by atoms with Crippen LogP contribution in [0, 0.1) is 6.92 Å². The number of amides is 2. The van der Waals surface area contributed by atoms with Gasteiger partial charge in [0, 0.05) is 37.3 Å². The molecular formula is C22H27N3O3S. The van der Waals surface area contributed by atoms with Crippen LogP contribution in [0.25, 0.3) is 0 Å². The Morgan fingerprint density at radius 1 is 1.17 bits per heavy atom. The third kappa shape index (κ3) is 5.98. The number of methoxy groups -OCH3 is 1. The Kier molecular flexibility index (Phi) is 7.55. The zero-order valence-electron chi connectivity index (χ0n) is 16.8. The van der Waals surface area contributed by atoms with Crippen LogP contribution in [0.4, 0.5) is 11.4 Å². The Morgan fingerprint density at radius 3 is 2.72 bits per heavy atom. The highest BCUT2D eigenvalue weighted by molar-refractivity contribution is 7.98. The lowest BCUT2D eigenvalue weighted by Crippen LogP contribution is -2.40. The molecule has 2 aromatic rings. The van der Waals surface area contributed by atoms with Crippen molar-refractivity contribution in [1.29, 1.82) is 0 Å². The van der Waals surface area contributed by atoms with Crippen LogP contribution in [-0.2, 0) is 15.3 Å². The number of hydrogen-bond donors (Lipinski definition) is 3. The fourth-order valence-electron chi connectivity index (χ4n) is 3.00. The van der Waals surface area contributed by atoms with Gasteiger partial charge in [0.25, 0.3) is 5.91 Å². The number of carbonyl (C=O) groups is 2. The molecule has 0 radical (unpaired) electrons. The molecule has 6 nitrogen and oxygen atoms in total. The van der Waals surface area contributed by atoms with Gasteiger partial charge in [-0.1, -0.05) is 29.8 Å². The van der Waals surface area contributed by atoms with Crippen LogP contribution in [0.3, 0.4) is 0 Å². The number of thioether (sulfide) groups is 1. The van der Waals surface area contributed by atoms with E-state index in [2.05, 4.69) is 47.1 Å².